The molecule has 1 fully saturated rings. The van der Waals surface area contributed by atoms with Gasteiger partial charge in [0, 0.05) is 12.6 Å². The fraction of sp³-hybridized carbons (Fsp3) is 0.938. The van der Waals surface area contributed by atoms with Gasteiger partial charge >= 0.3 is 0 Å². The predicted molar refractivity (Wildman–Crippen MR) is 81.1 cm³/mol. The second kappa shape index (κ2) is 7.88. The highest BCUT2D eigenvalue weighted by molar-refractivity contribution is 5.78. The zero-order chi connectivity index (χ0) is 14.3. The third-order valence-electron chi connectivity index (χ3n) is 4.31. The molecule has 19 heavy (non-hydrogen) atoms. The first-order valence-corrected chi connectivity index (χ1v) is 7.97. The molecular formula is C16H32N2O. The number of hydrogen-bond donors (Lipinski definition) is 2. The summed E-state index contributed by atoms with van der Waals surface area (Å²) < 4.78 is 0. The molecule has 3 heteroatoms. The van der Waals surface area contributed by atoms with E-state index in [-0.39, 0.29) is 11.9 Å². The molecule has 0 heterocycles. The Balaban J connectivity index is 2.31. The molecule has 3 nitrogen and oxygen atoms in total. The van der Waals surface area contributed by atoms with Gasteiger partial charge in [-0.2, -0.15) is 0 Å². The Morgan fingerprint density at radius 1 is 1.21 bits per heavy atom. The van der Waals surface area contributed by atoms with Gasteiger partial charge in [-0.05, 0) is 43.9 Å². The molecule has 0 aliphatic heterocycles. The zero-order valence-corrected chi connectivity index (χ0v) is 13.2. The Hall–Kier alpha value is -0.570. The van der Waals surface area contributed by atoms with Gasteiger partial charge in [0.05, 0.1) is 6.54 Å². The molecule has 0 aromatic carbocycles. The molecule has 0 saturated heterocycles. The quantitative estimate of drug-likeness (QED) is 0.710. The SMILES string of the molecule is CCC(C)NC(=O)CNCC1(CC(C)C)CCCC1. The minimum absolute atomic E-state index is 0.132. The molecule has 0 spiro atoms. The van der Waals surface area contributed by atoms with Crippen molar-refractivity contribution >= 4 is 5.91 Å². The van der Waals surface area contributed by atoms with Gasteiger partial charge in [0.25, 0.3) is 0 Å². The summed E-state index contributed by atoms with van der Waals surface area (Å²) in [7, 11) is 0. The molecule has 1 unspecified atom stereocenters. The highest BCUT2D eigenvalue weighted by atomic mass is 16.1. The maximum absolute atomic E-state index is 11.7. The largest absolute Gasteiger partial charge is 0.353 e. The molecule has 0 bridgehead atoms. The van der Waals surface area contributed by atoms with Crippen LogP contribution in [0.1, 0.15) is 66.2 Å². The zero-order valence-electron chi connectivity index (χ0n) is 13.2. The van der Waals surface area contributed by atoms with E-state index in [1.165, 1.54) is 32.1 Å². The Kier molecular flexibility index (Phi) is 6.84. The first kappa shape index (κ1) is 16.5. The van der Waals surface area contributed by atoms with Gasteiger partial charge in [0.15, 0.2) is 0 Å². The van der Waals surface area contributed by atoms with Crippen LogP contribution < -0.4 is 10.6 Å². The van der Waals surface area contributed by atoms with E-state index in [4.69, 9.17) is 0 Å². The highest BCUT2D eigenvalue weighted by Gasteiger charge is 2.33. The van der Waals surface area contributed by atoms with Crippen molar-refractivity contribution in [3.8, 4) is 0 Å². The maximum atomic E-state index is 11.7. The molecule has 1 aliphatic rings. The van der Waals surface area contributed by atoms with Crippen molar-refractivity contribution < 1.29 is 4.79 Å². The topological polar surface area (TPSA) is 41.1 Å². The maximum Gasteiger partial charge on any atom is 0.234 e. The molecule has 1 rings (SSSR count). The Bertz CT molecular complexity index is 270. The fourth-order valence-electron chi connectivity index (χ4n) is 3.31. The first-order valence-electron chi connectivity index (χ1n) is 7.97. The minimum atomic E-state index is 0.132. The number of carbonyl (C=O) groups excluding carboxylic acids is 1. The van der Waals surface area contributed by atoms with Crippen LogP contribution in [0.5, 0.6) is 0 Å². The lowest BCUT2D eigenvalue weighted by molar-refractivity contribution is -0.120. The van der Waals surface area contributed by atoms with Crippen LogP contribution in [0.3, 0.4) is 0 Å². The standard InChI is InChI=1S/C16H32N2O/c1-5-14(4)18-15(19)11-17-12-16(10-13(2)3)8-6-7-9-16/h13-14,17H,5-12H2,1-4H3,(H,18,19). The van der Waals surface area contributed by atoms with Crippen LogP contribution >= 0.6 is 0 Å². The van der Waals surface area contributed by atoms with Gasteiger partial charge < -0.3 is 10.6 Å². The lowest BCUT2D eigenvalue weighted by Gasteiger charge is -2.31. The normalized spacial score (nSPS) is 19.6. The summed E-state index contributed by atoms with van der Waals surface area (Å²) in [6, 6.07) is 0.283. The van der Waals surface area contributed by atoms with Crippen LogP contribution in [0.25, 0.3) is 0 Å². The highest BCUT2D eigenvalue weighted by Crippen LogP contribution is 2.42. The second-order valence-corrected chi connectivity index (χ2v) is 6.79. The Morgan fingerprint density at radius 2 is 1.84 bits per heavy atom. The number of carbonyl (C=O) groups is 1. The van der Waals surface area contributed by atoms with E-state index in [1.54, 1.807) is 0 Å². The summed E-state index contributed by atoms with van der Waals surface area (Å²) in [6.07, 6.45) is 7.63. The summed E-state index contributed by atoms with van der Waals surface area (Å²) in [5, 5.41) is 6.40. The molecule has 0 radical (unpaired) electrons. The van der Waals surface area contributed by atoms with Crippen LogP contribution in [0.2, 0.25) is 0 Å². The molecule has 2 N–H and O–H groups in total. The van der Waals surface area contributed by atoms with Gasteiger partial charge in [-0.25, -0.2) is 0 Å². The molecule has 0 aromatic heterocycles. The van der Waals surface area contributed by atoms with Crippen LogP contribution in [0, 0.1) is 11.3 Å². The van der Waals surface area contributed by atoms with E-state index in [0.717, 1.165) is 18.9 Å². The number of rotatable bonds is 8. The summed E-state index contributed by atoms with van der Waals surface area (Å²) in [4.78, 5) is 11.7. The molecule has 1 amide bonds. The lowest BCUT2D eigenvalue weighted by Crippen LogP contribution is -2.42. The second-order valence-electron chi connectivity index (χ2n) is 6.79. The van der Waals surface area contributed by atoms with Gasteiger partial charge in [-0.1, -0.05) is 33.6 Å². The molecule has 1 aliphatic carbocycles. The van der Waals surface area contributed by atoms with Crippen LogP contribution in [0.4, 0.5) is 0 Å². The van der Waals surface area contributed by atoms with Crippen molar-refractivity contribution in [2.45, 2.75) is 72.3 Å². The van der Waals surface area contributed by atoms with Crippen molar-refractivity contribution in [1.82, 2.24) is 10.6 Å². The molecule has 0 aromatic rings. The minimum Gasteiger partial charge on any atom is -0.353 e. The molecule has 112 valence electrons. The van der Waals surface area contributed by atoms with Crippen molar-refractivity contribution in [2.75, 3.05) is 13.1 Å². The predicted octanol–water partition coefficient (Wildman–Crippen LogP) is 3.10. The van der Waals surface area contributed by atoms with Gasteiger partial charge in [0.2, 0.25) is 5.91 Å². The number of hydrogen-bond acceptors (Lipinski definition) is 2. The number of amides is 1. The fourth-order valence-corrected chi connectivity index (χ4v) is 3.31. The van der Waals surface area contributed by atoms with E-state index in [0.29, 0.717) is 12.0 Å². The van der Waals surface area contributed by atoms with E-state index in [2.05, 4.69) is 38.3 Å². The summed E-state index contributed by atoms with van der Waals surface area (Å²) >= 11 is 0. The van der Waals surface area contributed by atoms with Gasteiger partial charge in [-0.3, -0.25) is 4.79 Å². The van der Waals surface area contributed by atoms with Gasteiger partial charge in [-0.15, -0.1) is 0 Å². The van der Waals surface area contributed by atoms with E-state index >= 15 is 0 Å². The average Bonchev–Trinajstić information content (AvgIpc) is 2.76. The van der Waals surface area contributed by atoms with E-state index in [1.807, 2.05) is 0 Å². The first-order chi connectivity index (χ1) is 8.97. The third-order valence-corrected chi connectivity index (χ3v) is 4.31. The number of nitrogens with one attached hydrogen (secondary N) is 2. The van der Waals surface area contributed by atoms with Crippen molar-refractivity contribution in [1.29, 1.82) is 0 Å². The molecule has 1 atom stereocenters. The third kappa shape index (κ3) is 5.94. The lowest BCUT2D eigenvalue weighted by atomic mass is 9.78. The van der Waals surface area contributed by atoms with Crippen LogP contribution in [-0.4, -0.2) is 25.0 Å². The van der Waals surface area contributed by atoms with E-state index in [9.17, 15) is 4.79 Å². The van der Waals surface area contributed by atoms with Crippen LogP contribution in [0.15, 0.2) is 0 Å². The average molecular weight is 268 g/mol. The monoisotopic (exact) mass is 268 g/mol. The van der Waals surface area contributed by atoms with E-state index < -0.39 is 0 Å². The summed E-state index contributed by atoms with van der Waals surface area (Å²) in [5.41, 5.74) is 0.449. The Labute approximate surface area is 118 Å². The van der Waals surface area contributed by atoms with Crippen molar-refractivity contribution in [3.05, 3.63) is 0 Å². The molecule has 1 saturated carbocycles. The van der Waals surface area contributed by atoms with Crippen LogP contribution in [-0.2, 0) is 4.79 Å². The summed E-state index contributed by atoms with van der Waals surface area (Å²) in [6.45, 7) is 10.2. The van der Waals surface area contributed by atoms with Crippen molar-refractivity contribution in [2.24, 2.45) is 11.3 Å². The van der Waals surface area contributed by atoms with Gasteiger partial charge in [0.1, 0.15) is 0 Å². The van der Waals surface area contributed by atoms with Crippen molar-refractivity contribution in [3.63, 3.8) is 0 Å². The summed E-state index contributed by atoms with van der Waals surface area (Å²) in [5.74, 6) is 0.876. The smallest absolute Gasteiger partial charge is 0.234 e. The Morgan fingerprint density at radius 3 is 2.37 bits per heavy atom. The molecular weight excluding hydrogens is 236 g/mol.